The van der Waals surface area contributed by atoms with Crippen LogP contribution in [0.1, 0.15) is 23.4 Å². The van der Waals surface area contributed by atoms with Crippen molar-refractivity contribution < 1.29 is 28.6 Å². The lowest BCUT2D eigenvalue weighted by molar-refractivity contribution is -0.142. The van der Waals surface area contributed by atoms with Crippen molar-refractivity contribution in [3.8, 4) is 0 Å². The third-order valence-electron chi connectivity index (χ3n) is 2.27. The molecule has 1 rings (SSSR count). The maximum absolute atomic E-state index is 11.7. The zero-order chi connectivity index (χ0) is 14.4. The van der Waals surface area contributed by atoms with Crippen LogP contribution in [0.3, 0.4) is 0 Å². The highest BCUT2D eigenvalue weighted by molar-refractivity contribution is 9.10. The Morgan fingerprint density at radius 2 is 2.16 bits per heavy atom. The van der Waals surface area contributed by atoms with Gasteiger partial charge in [-0.2, -0.15) is 0 Å². The third-order valence-corrected chi connectivity index (χ3v) is 2.69. The van der Waals surface area contributed by atoms with Gasteiger partial charge in [-0.1, -0.05) is 0 Å². The first-order valence-electron chi connectivity index (χ1n) is 5.30. The molecule has 19 heavy (non-hydrogen) atoms. The van der Waals surface area contributed by atoms with Crippen molar-refractivity contribution in [3.05, 3.63) is 22.6 Å². The van der Waals surface area contributed by atoms with Gasteiger partial charge >= 0.3 is 11.9 Å². The molecule has 0 aliphatic carbocycles. The number of rotatable bonds is 6. The number of carbonyl (C=O) groups excluding carboxylic acids is 2. The van der Waals surface area contributed by atoms with E-state index in [0.29, 0.717) is 4.67 Å². The molecule has 0 aliphatic heterocycles. The molecule has 0 bridgehead atoms. The molecule has 1 atom stereocenters. The summed E-state index contributed by atoms with van der Waals surface area (Å²) in [5, 5.41) is 11.2. The monoisotopic (exact) mass is 333 g/mol. The Kier molecular flexibility index (Phi) is 5.56. The molecule has 2 N–H and O–H groups in total. The van der Waals surface area contributed by atoms with Crippen LogP contribution in [0.4, 0.5) is 0 Å². The fourth-order valence-electron chi connectivity index (χ4n) is 1.29. The summed E-state index contributed by atoms with van der Waals surface area (Å²) >= 11 is 3.03. The molecule has 0 radical (unpaired) electrons. The van der Waals surface area contributed by atoms with Gasteiger partial charge in [0.1, 0.15) is 6.04 Å². The number of esters is 1. The number of aliphatic carboxylic acids is 1. The molecule has 0 fully saturated rings. The summed E-state index contributed by atoms with van der Waals surface area (Å²) in [5.74, 6) is -2.46. The molecule has 0 spiro atoms. The highest BCUT2D eigenvalue weighted by atomic mass is 79.9. The molecular weight excluding hydrogens is 322 g/mol. The Morgan fingerprint density at radius 3 is 2.63 bits per heavy atom. The third kappa shape index (κ3) is 4.74. The molecule has 104 valence electrons. The topological polar surface area (TPSA) is 106 Å². The van der Waals surface area contributed by atoms with Crippen LogP contribution in [0.2, 0.25) is 0 Å². The SMILES string of the molecule is COC(=O)CC[C@H](NC(=O)c1ccc(Br)o1)C(=O)O. The number of carboxylic acids is 1. The number of hydrogen-bond acceptors (Lipinski definition) is 5. The zero-order valence-corrected chi connectivity index (χ0v) is 11.6. The summed E-state index contributed by atoms with van der Waals surface area (Å²) in [6, 6.07) is 1.73. The number of carbonyl (C=O) groups is 3. The molecule has 0 aliphatic rings. The van der Waals surface area contributed by atoms with Crippen molar-refractivity contribution in [1.29, 1.82) is 0 Å². The van der Waals surface area contributed by atoms with Gasteiger partial charge in [0.2, 0.25) is 0 Å². The number of ether oxygens (including phenoxy) is 1. The van der Waals surface area contributed by atoms with Crippen molar-refractivity contribution in [2.75, 3.05) is 7.11 Å². The summed E-state index contributed by atoms with van der Waals surface area (Å²) < 4.78 is 9.76. The summed E-state index contributed by atoms with van der Waals surface area (Å²) in [5.41, 5.74) is 0. The Labute approximate surface area is 117 Å². The minimum atomic E-state index is -1.23. The van der Waals surface area contributed by atoms with Gasteiger partial charge in [0.25, 0.3) is 5.91 Å². The summed E-state index contributed by atoms with van der Waals surface area (Å²) in [6.07, 6.45) is -0.161. The second-order valence-electron chi connectivity index (χ2n) is 3.58. The second kappa shape index (κ2) is 6.93. The molecule has 8 heteroatoms. The lowest BCUT2D eigenvalue weighted by Crippen LogP contribution is -2.41. The van der Waals surface area contributed by atoms with E-state index in [1.54, 1.807) is 0 Å². The number of hydrogen-bond donors (Lipinski definition) is 2. The van der Waals surface area contributed by atoms with Gasteiger partial charge in [-0.15, -0.1) is 0 Å². The number of amides is 1. The smallest absolute Gasteiger partial charge is 0.326 e. The van der Waals surface area contributed by atoms with Crippen LogP contribution in [0.25, 0.3) is 0 Å². The number of halogens is 1. The molecule has 1 heterocycles. The Bertz CT molecular complexity index is 483. The predicted molar refractivity (Wildman–Crippen MR) is 66.5 cm³/mol. The van der Waals surface area contributed by atoms with E-state index >= 15 is 0 Å². The summed E-state index contributed by atoms with van der Waals surface area (Å²) in [4.78, 5) is 33.6. The number of methoxy groups -OCH3 is 1. The number of nitrogens with one attached hydrogen (secondary N) is 1. The average Bonchev–Trinajstić information content (AvgIpc) is 2.80. The van der Waals surface area contributed by atoms with Gasteiger partial charge < -0.3 is 19.6 Å². The normalized spacial score (nSPS) is 11.7. The minimum absolute atomic E-state index is 0.0174. The van der Waals surface area contributed by atoms with Crippen LogP contribution in [-0.2, 0) is 14.3 Å². The van der Waals surface area contributed by atoms with E-state index < -0.39 is 23.9 Å². The fraction of sp³-hybridized carbons (Fsp3) is 0.364. The molecule has 0 saturated heterocycles. The second-order valence-corrected chi connectivity index (χ2v) is 4.36. The van der Waals surface area contributed by atoms with Crippen LogP contribution in [-0.4, -0.2) is 36.1 Å². The first kappa shape index (κ1) is 15.2. The lowest BCUT2D eigenvalue weighted by atomic mass is 10.1. The van der Waals surface area contributed by atoms with E-state index in [0.717, 1.165) is 0 Å². The molecule has 1 aromatic rings. The molecule has 1 aromatic heterocycles. The summed E-state index contributed by atoms with van der Waals surface area (Å²) in [7, 11) is 1.21. The Hall–Kier alpha value is -1.83. The van der Waals surface area contributed by atoms with E-state index in [2.05, 4.69) is 26.0 Å². The van der Waals surface area contributed by atoms with Gasteiger partial charge in [0.15, 0.2) is 10.4 Å². The summed E-state index contributed by atoms with van der Waals surface area (Å²) in [6.45, 7) is 0. The number of carboxylic acid groups (broad SMARTS) is 1. The Balaban J connectivity index is 2.61. The van der Waals surface area contributed by atoms with Crippen molar-refractivity contribution in [1.82, 2.24) is 5.32 Å². The van der Waals surface area contributed by atoms with E-state index in [1.807, 2.05) is 0 Å². The van der Waals surface area contributed by atoms with Crippen molar-refractivity contribution in [3.63, 3.8) is 0 Å². The van der Waals surface area contributed by atoms with E-state index in [4.69, 9.17) is 9.52 Å². The van der Waals surface area contributed by atoms with Crippen molar-refractivity contribution in [2.24, 2.45) is 0 Å². The highest BCUT2D eigenvalue weighted by Gasteiger charge is 2.23. The lowest BCUT2D eigenvalue weighted by Gasteiger charge is -2.12. The van der Waals surface area contributed by atoms with Crippen LogP contribution >= 0.6 is 15.9 Å². The van der Waals surface area contributed by atoms with Crippen molar-refractivity contribution in [2.45, 2.75) is 18.9 Å². The standard InChI is InChI=1S/C11H12BrNO6/c1-18-9(14)5-2-6(11(16)17)13-10(15)7-3-4-8(12)19-7/h3-4,6H,2,5H2,1H3,(H,13,15)(H,16,17)/t6-/m0/s1. The zero-order valence-electron chi connectivity index (χ0n) is 10.0. The van der Waals surface area contributed by atoms with Crippen molar-refractivity contribution >= 4 is 33.8 Å². The Morgan fingerprint density at radius 1 is 1.47 bits per heavy atom. The first-order valence-corrected chi connectivity index (χ1v) is 6.09. The van der Waals surface area contributed by atoms with Gasteiger partial charge in [-0.3, -0.25) is 9.59 Å². The minimum Gasteiger partial charge on any atom is -0.480 e. The maximum atomic E-state index is 11.7. The average molecular weight is 334 g/mol. The molecule has 0 saturated carbocycles. The van der Waals surface area contributed by atoms with Gasteiger partial charge in [0.05, 0.1) is 7.11 Å². The predicted octanol–water partition coefficient (Wildman–Crippen LogP) is 1.18. The molecule has 0 unspecified atom stereocenters. The van der Waals surface area contributed by atoms with E-state index in [9.17, 15) is 14.4 Å². The number of furan rings is 1. The van der Waals surface area contributed by atoms with Gasteiger partial charge in [-0.05, 0) is 34.5 Å². The van der Waals surface area contributed by atoms with E-state index in [-0.39, 0.29) is 18.6 Å². The molecule has 7 nitrogen and oxygen atoms in total. The fourth-order valence-corrected chi connectivity index (χ4v) is 1.59. The van der Waals surface area contributed by atoms with Gasteiger partial charge in [-0.25, -0.2) is 4.79 Å². The van der Waals surface area contributed by atoms with Gasteiger partial charge in [0, 0.05) is 6.42 Å². The van der Waals surface area contributed by atoms with E-state index in [1.165, 1.54) is 19.2 Å². The largest absolute Gasteiger partial charge is 0.480 e. The van der Waals surface area contributed by atoms with Crippen LogP contribution in [0.15, 0.2) is 21.2 Å². The molecular formula is C11H12BrNO6. The van der Waals surface area contributed by atoms with Crippen LogP contribution in [0.5, 0.6) is 0 Å². The van der Waals surface area contributed by atoms with Crippen LogP contribution in [0, 0.1) is 0 Å². The highest BCUT2D eigenvalue weighted by Crippen LogP contribution is 2.14. The maximum Gasteiger partial charge on any atom is 0.326 e. The first-order chi connectivity index (χ1) is 8.93. The molecule has 0 aromatic carbocycles. The quantitative estimate of drug-likeness (QED) is 0.757. The molecule has 1 amide bonds. The van der Waals surface area contributed by atoms with Crippen LogP contribution < -0.4 is 5.32 Å².